The Morgan fingerprint density at radius 2 is 2.50 bits per heavy atom. The molecule has 2 rings (SSSR count). The highest BCUT2D eigenvalue weighted by atomic mass is 16.5. The van der Waals surface area contributed by atoms with Gasteiger partial charge in [-0.2, -0.15) is 0 Å². The van der Waals surface area contributed by atoms with E-state index in [-0.39, 0.29) is 5.97 Å². The summed E-state index contributed by atoms with van der Waals surface area (Å²) in [6, 6.07) is 3.93. The first-order valence-corrected chi connectivity index (χ1v) is 5.56. The van der Waals surface area contributed by atoms with Crippen LogP contribution in [0.5, 0.6) is 0 Å². The molecular weight excluding hydrogens is 204 g/mol. The Bertz CT molecular complexity index is 392. The molecule has 1 aliphatic carbocycles. The number of hydrogen-bond acceptors (Lipinski definition) is 4. The molecule has 0 amide bonds. The van der Waals surface area contributed by atoms with Crippen molar-refractivity contribution in [3.05, 3.63) is 23.9 Å². The maximum atomic E-state index is 11.5. The summed E-state index contributed by atoms with van der Waals surface area (Å²) >= 11 is 0. The van der Waals surface area contributed by atoms with Crippen LogP contribution in [0.4, 0.5) is 5.82 Å². The van der Waals surface area contributed by atoms with E-state index in [9.17, 15) is 4.79 Å². The zero-order valence-corrected chi connectivity index (χ0v) is 9.56. The van der Waals surface area contributed by atoms with Gasteiger partial charge in [0.2, 0.25) is 0 Å². The van der Waals surface area contributed by atoms with Crippen molar-refractivity contribution in [1.29, 1.82) is 0 Å². The van der Waals surface area contributed by atoms with E-state index < -0.39 is 0 Å². The van der Waals surface area contributed by atoms with Crippen molar-refractivity contribution < 1.29 is 9.53 Å². The predicted molar refractivity (Wildman–Crippen MR) is 61.4 cm³/mol. The van der Waals surface area contributed by atoms with Crippen molar-refractivity contribution >= 4 is 11.8 Å². The summed E-state index contributed by atoms with van der Waals surface area (Å²) in [5.74, 6) is 1.01. The minimum absolute atomic E-state index is 0.343. The molecule has 1 fully saturated rings. The Labute approximate surface area is 95.0 Å². The Balaban J connectivity index is 2.11. The topological polar surface area (TPSA) is 51.2 Å². The van der Waals surface area contributed by atoms with Crippen LogP contribution in [0.3, 0.4) is 0 Å². The second-order valence-corrected chi connectivity index (χ2v) is 4.05. The van der Waals surface area contributed by atoms with Gasteiger partial charge in [0.25, 0.3) is 0 Å². The van der Waals surface area contributed by atoms with E-state index in [4.69, 9.17) is 4.74 Å². The standard InChI is InChI=1S/C12H16N2O2/c1-3-8-7-10(8)14-11-9(12(15)16-2)5-4-6-13-11/h4-6,8,10H,3,7H2,1-2H3,(H,13,14). The Morgan fingerprint density at radius 3 is 3.12 bits per heavy atom. The van der Waals surface area contributed by atoms with Crippen molar-refractivity contribution in [2.45, 2.75) is 25.8 Å². The van der Waals surface area contributed by atoms with Gasteiger partial charge in [-0.15, -0.1) is 0 Å². The van der Waals surface area contributed by atoms with Gasteiger partial charge in [-0.25, -0.2) is 9.78 Å². The second kappa shape index (κ2) is 4.51. The maximum absolute atomic E-state index is 11.5. The minimum atomic E-state index is -0.343. The lowest BCUT2D eigenvalue weighted by Crippen LogP contribution is -2.12. The first-order valence-electron chi connectivity index (χ1n) is 5.56. The normalized spacial score (nSPS) is 22.6. The number of rotatable bonds is 4. The van der Waals surface area contributed by atoms with Gasteiger partial charge in [-0.05, 0) is 24.5 Å². The van der Waals surface area contributed by atoms with Gasteiger partial charge in [0.05, 0.1) is 7.11 Å². The van der Waals surface area contributed by atoms with E-state index in [2.05, 4.69) is 17.2 Å². The van der Waals surface area contributed by atoms with Crippen molar-refractivity contribution in [2.24, 2.45) is 5.92 Å². The van der Waals surface area contributed by atoms with Gasteiger partial charge >= 0.3 is 5.97 Å². The molecule has 1 aromatic rings. The van der Waals surface area contributed by atoms with Crippen LogP contribution in [-0.2, 0) is 4.74 Å². The predicted octanol–water partition coefficient (Wildman–Crippen LogP) is 2.08. The van der Waals surface area contributed by atoms with Gasteiger partial charge in [-0.3, -0.25) is 0 Å². The summed E-state index contributed by atoms with van der Waals surface area (Å²) in [6.07, 6.45) is 4.00. The molecule has 1 saturated carbocycles. The van der Waals surface area contributed by atoms with Crippen LogP contribution >= 0.6 is 0 Å². The van der Waals surface area contributed by atoms with Gasteiger partial charge in [0.15, 0.2) is 0 Å². The second-order valence-electron chi connectivity index (χ2n) is 4.05. The number of nitrogens with zero attached hydrogens (tertiary/aromatic N) is 1. The SMILES string of the molecule is CCC1CC1Nc1ncccc1C(=O)OC. The van der Waals surface area contributed by atoms with E-state index in [1.54, 1.807) is 18.3 Å². The number of pyridine rings is 1. The van der Waals surface area contributed by atoms with Gasteiger partial charge in [-0.1, -0.05) is 13.3 Å². The molecule has 0 bridgehead atoms. The fourth-order valence-corrected chi connectivity index (χ4v) is 1.85. The summed E-state index contributed by atoms with van der Waals surface area (Å²) in [7, 11) is 1.38. The Hall–Kier alpha value is -1.58. The molecule has 16 heavy (non-hydrogen) atoms. The molecule has 4 heteroatoms. The fraction of sp³-hybridized carbons (Fsp3) is 0.500. The number of aromatic nitrogens is 1. The number of nitrogens with one attached hydrogen (secondary N) is 1. The molecule has 2 unspecified atom stereocenters. The van der Waals surface area contributed by atoms with Crippen LogP contribution in [0.15, 0.2) is 18.3 Å². The van der Waals surface area contributed by atoms with Crippen LogP contribution in [0.1, 0.15) is 30.1 Å². The molecular formula is C12H16N2O2. The number of carbonyl (C=O) groups is 1. The van der Waals surface area contributed by atoms with Crippen LogP contribution in [0.2, 0.25) is 0 Å². The summed E-state index contributed by atoms with van der Waals surface area (Å²) < 4.78 is 4.71. The fourth-order valence-electron chi connectivity index (χ4n) is 1.85. The summed E-state index contributed by atoms with van der Waals surface area (Å²) in [5.41, 5.74) is 0.506. The lowest BCUT2D eigenvalue weighted by Gasteiger charge is -2.08. The number of esters is 1. The number of ether oxygens (including phenoxy) is 1. The summed E-state index contributed by atoms with van der Waals surface area (Å²) in [4.78, 5) is 15.7. The quantitative estimate of drug-likeness (QED) is 0.789. The van der Waals surface area contributed by atoms with E-state index in [1.807, 2.05) is 0 Å². The number of methoxy groups -OCH3 is 1. The van der Waals surface area contributed by atoms with Crippen LogP contribution in [0.25, 0.3) is 0 Å². The molecule has 4 nitrogen and oxygen atoms in total. The third-order valence-electron chi connectivity index (χ3n) is 2.98. The summed E-state index contributed by atoms with van der Waals surface area (Å²) in [6.45, 7) is 2.17. The number of hydrogen-bond donors (Lipinski definition) is 1. The van der Waals surface area contributed by atoms with Crippen LogP contribution in [0, 0.1) is 5.92 Å². The first kappa shape index (κ1) is 10.9. The Morgan fingerprint density at radius 1 is 1.69 bits per heavy atom. The largest absolute Gasteiger partial charge is 0.465 e. The van der Waals surface area contributed by atoms with Gasteiger partial charge in [0.1, 0.15) is 11.4 Å². The molecule has 0 aromatic carbocycles. The van der Waals surface area contributed by atoms with Gasteiger partial charge < -0.3 is 10.1 Å². The molecule has 0 saturated heterocycles. The highest BCUT2D eigenvalue weighted by molar-refractivity contribution is 5.94. The van der Waals surface area contributed by atoms with E-state index in [1.165, 1.54) is 7.11 Å². The molecule has 86 valence electrons. The average molecular weight is 220 g/mol. The lowest BCUT2D eigenvalue weighted by atomic mass is 10.2. The molecule has 1 N–H and O–H groups in total. The van der Waals surface area contributed by atoms with E-state index in [0.717, 1.165) is 12.8 Å². The zero-order chi connectivity index (χ0) is 11.5. The van der Waals surface area contributed by atoms with Crippen LogP contribution < -0.4 is 5.32 Å². The number of carbonyl (C=O) groups excluding carboxylic acids is 1. The molecule has 0 aliphatic heterocycles. The smallest absolute Gasteiger partial charge is 0.341 e. The maximum Gasteiger partial charge on any atom is 0.341 e. The Kier molecular flexibility index (Phi) is 3.08. The average Bonchev–Trinajstić information content (AvgIpc) is 3.07. The highest BCUT2D eigenvalue weighted by Crippen LogP contribution is 2.36. The molecule has 0 spiro atoms. The third-order valence-corrected chi connectivity index (χ3v) is 2.98. The molecule has 1 aliphatic rings. The van der Waals surface area contributed by atoms with Crippen molar-refractivity contribution in [1.82, 2.24) is 4.98 Å². The molecule has 2 atom stereocenters. The lowest BCUT2D eigenvalue weighted by molar-refractivity contribution is 0.0601. The highest BCUT2D eigenvalue weighted by Gasteiger charge is 2.36. The van der Waals surface area contributed by atoms with Crippen molar-refractivity contribution in [3.63, 3.8) is 0 Å². The third kappa shape index (κ3) is 2.15. The zero-order valence-electron chi connectivity index (χ0n) is 9.56. The minimum Gasteiger partial charge on any atom is -0.465 e. The number of anilines is 1. The van der Waals surface area contributed by atoms with Crippen molar-refractivity contribution in [2.75, 3.05) is 12.4 Å². The van der Waals surface area contributed by atoms with Crippen molar-refractivity contribution in [3.8, 4) is 0 Å². The summed E-state index contributed by atoms with van der Waals surface area (Å²) in [5, 5.41) is 3.29. The van der Waals surface area contributed by atoms with Crippen LogP contribution in [-0.4, -0.2) is 24.1 Å². The molecule has 1 aromatic heterocycles. The van der Waals surface area contributed by atoms with Gasteiger partial charge in [0, 0.05) is 12.2 Å². The monoisotopic (exact) mass is 220 g/mol. The molecule has 1 heterocycles. The first-order chi connectivity index (χ1) is 7.76. The van der Waals surface area contributed by atoms with E-state index in [0.29, 0.717) is 23.3 Å². The van der Waals surface area contributed by atoms with E-state index >= 15 is 0 Å². The molecule has 0 radical (unpaired) electrons.